The number of sulfonamides is 1. The van der Waals surface area contributed by atoms with Crippen molar-refractivity contribution in [1.29, 1.82) is 0 Å². The molecule has 1 aliphatic rings. The number of furan rings is 1. The Kier molecular flexibility index (Phi) is 4.73. The first-order valence-electron chi connectivity index (χ1n) is 7.83. The van der Waals surface area contributed by atoms with E-state index in [4.69, 9.17) is 4.42 Å². The molecule has 1 aliphatic heterocycles. The Morgan fingerprint density at radius 2 is 1.71 bits per heavy atom. The molecule has 2 aromatic rings. The largest absolute Gasteiger partial charge is 0.456 e. The van der Waals surface area contributed by atoms with Gasteiger partial charge in [0.05, 0.1) is 5.75 Å². The van der Waals surface area contributed by atoms with Crippen LogP contribution >= 0.6 is 0 Å². The van der Waals surface area contributed by atoms with Gasteiger partial charge in [-0.2, -0.15) is 4.31 Å². The lowest BCUT2D eigenvalue weighted by Crippen LogP contribution is -2.50. The van der Waals surface area contributed by atoms with E-state index in [2.05, 4.69) is 0 Å². The van der Waals surface area contributed by atoms with Crippen LogP contribution in [-0.2, 0) is 15.8 Å². The van der Waals surface area contributed by atoms with E-state index in [1.54, 1.807) is 36.1 Å². The second kappa shape index (κ2) is 6.78. The summed E-state index contributed by atoms with van der Waals surface area (Å²) in [5.41, 5.74) is 0.766. The highest BCUT2D eigenvalue weighted by Gasteiger charge is 2.30. The van der Waals surface area contributed by atoms with Crippen molar-refractivity contribution in [3.63, 3.8) is 0 Å². The summed E-state index contributed by atoms with van der Waals surface area (Å²) in [6.07, 6.45) is 0. The maximum absolute atomic E-state index is 12.5. The molecule has 7 heteroatoms. The molecule has 128 valence electrons. The molecule has 1 aromatic carbocycles. The molecule has 0 spiro atoms. The third-order valence-corrected chi connectivity index (χ3v) is 5.91. The average molecular weight is 348 g/mol. The summed E-state index contributed by atoms with van der Waals surface area (Å²) < 4.78 is 31.8. The van der Waals surface area contributed by atoms with E-state index in [-0.39, 0.29) is 11.7 Å². The van der Waals surface area contributed by atoms with Gasteiger partial charge in [0.2, 0.25) is 10.0 Å². The van der Waals surface area contributed by atoms with E-state index in [1.165, 1.54) is 4.31 Å². The monoisotopic (exact) mass is 348 g/mol. The van der Waals surface area contributed by atoms with Gasteiger partial charge in [-0.25, -0.2) is 8.42 Å². The van der Waals surface area contributed by atoms with Gasteiger partial charge in [0.1, 0.15) is 5.76 Å². The fourth-order valence-electron chi connectivity index (χ4n) is 2.75. The Labute approximate surface area is 141 Å². The zero-order valence-corrected chi connectivity index (χ0v) is 14.3. The molecule has 0 atom stereocenters. The predicted molar refractivity (Wildman–Crippen MR) is 90.0 cm³/mol. The first-order chi connectivity index (χ1) is 11.5. The van der Waals surface area contributed by atoms with Crippen molar-refractivity contribution >= 4 is 15.9 Å². The van der Waals surface area contributed by atoms with Crippen LogP contribution in [0.15, 0.2) is 46.9 Å². The number of hydrogen-bond acceptors (Lipinski definition) is 4. The fourth-order valence-corrected chi connectivity index (χ4v) is 4.27. The molecular weight excluding hydrogens is 328 g/mol. The highest BCUT2D eigenvalue weighted by Crippen LogP contribution is 2.16. The van der Waals surface area contributed by atoms with Gasteiger partial charge in [0.15, 0.2) is 5.76 Å². The van der Waals surface area contributed by atoms with Crippen molar-refractivity contribution in [2.45, 2.75) is 12.7 Å². The van der Waals surface area contributed by atoms with Crippen LogP contribution in [0.25, 0.3) is 0 Å². The predicted octanol–water partition coefficient (Wildman–Crippen LogP) is 1.88. The van der Waals surface area contributed by atoms with E-state index in [1.807, 2.05) is 18.2 Å². The van der Waals surface area contributed by atoms with E-state index in [9.17, 15) is 13.2 Å². The Hall–Kier alpha value is -2.12. The van der Waals surface area contributed by atoms with Crippen LogP contribution in [0.1, 0.15) is 21.9 Å². The number of carbonyl (C=O) groups is 1. The van der Waals surface area contributed by atoms with E-state index >= 15 is 0 Å². The summed E-state index contributed by atoms with van der Waals surface area (Å²) in [4.78, 5) is 14.0. The molecule has 24 heavy (non-hydrogen) atoms. The maximum Gasteiger partial charge on any atom is 0.289 e. The molecule has 0 radical (unpaired) electrons. The summed E-state index contributed by atoms with van der Waals surface area (Å²) in [7, 11) is -3.37. The lowest BCUT2D eigenvalue weighted by molar-refractivity contribution is 0.0664. The second-order valence-electron chi connectivity index (χ2n) is 5.84. The molecule has 1 fully saturated rings. The molecule has 0 bridgehead atoms. The highest BCUT2D eigenvalue weighted by molar-refractivity contribution is 7.88. The van der Waals surface area contributed by atoms with Gasteiger partial charge in [-0.15, -0.1) is 0 Å². The van der Waals surface area contributed by atoms with Crippen molar-refractivity contribution < 1.29 is 17.6 Å². The normalized spacial score (nSPS) is 16.3. The summed E-state index contributed by atoms with van der Waals surface area (Å²) >= 11 is 0. The Morgan fingerprint density at radius 1 is 1.04 bits per heavy atom. The number of aryl methyl sites for hydroxylation is 1. The smallest absolute Gasteiger partial charge is 0.289 e. The van der Waals surface area contributed by atoms with Crippen LogP contribution in [0, 0.1) is 6.92 Å². The molecular formula is C17H20N2O4S. The lowest BCUT2D eigenvalue weighted by Gasteiger charge is -2.33. The van der Waals surface area contributed by atoms with Crippen molar-refractivity contribution in [2.24, 2.45) is 0 Å². The van der Waals surface area contributed by atoms with Gasteiger partial charge in [-0.3, -0.25) is 4.79 Å². The minimum atomic E-state index is -3.37. The van der Waals surface area contributed by atoms with Crippen LogP contribution in [0.5, 0.6) is 0 Å². The molecule has 0 aliphatic carbocycles. The number of rotatable bonds is 4. The average Bonchev–Trinajstić information content (AvgIpc) is 3.01. The number of hydrogen-bond donors (Lipinski definition) is 0. The van der Waals surface area contributed by atoms with Crippen molar-refractivity contribution in [1.82, 2.24) is 9.21 Å². The standard InChI is InChI=1S/C17H20N2O4S/c1-14-7-8-16(23-14)17(20)18-9-11-19(12-10-18)24(21,22)13-15-5-3-2-4-6-15/h2-8H,9-13H2,1H3. The first kappa shape index (κ1) is 16.7. The van der Waals surface area contributed by atoms with Gasteiger partial charge >= 0.3 is 0 Å². The minimum absolute atomic E-state index is 0.0147. The second-order valence-corrected chi connectivity index (χ2v) is 7.81. The molecule has 0 unspecified atom stereocenters. The van der Waals surface area contributed by atoms with Crippen LogP contribution < -0.4 is 0 Å². The summed E-state index contributed by atoms with van der Waals surface area (Å²) in [6, 6.07) is 12.5. The van der Waals surface area contributed by atoms with Crippen molar-refractivity contribution in [3.05, 3.63) is 59.5 Å². The Bertz CT molecular complexity index is 806. The molecule has 0 N–H and O–H groups in total. The van der Waals surface area contributed by atoms with E-state index in [0.29, 0.717) is 37.7 Å². The Morgan fingerprint density at radius 3 is 2.29 bits per heavy atom. The number of piperazine rings is 1. The Balaban J connectivity index is 1.61. The highest BCUT2D eigenvalue weighted by atomic mass is 32.2. The zero-order chi connectivity index (χ0) is 17.2. The molecule has 0 saturated carbocycles. The summed E-state index contributed by atoms with van der Waals surface area (Å²) in [6.45, 7) is 3.13. The van der Waals surface area contributed by atoms with Gasteiger partial charge in [0, 0.05) is 26.2 Å². The molecule has 1 saturated heterocycles. The third kappa shape index (κ3) is 3.68. The summed E-state index contributed by atoms with van der Waals surface area (Å²) in [5, 5.41) is 0. The number of nitrogens with zero attached hydrogens (tertiary/aromatic N) is 2. The van der Waals surface area contributed by atoms with Crippen molar-refractivity contribution in [3.8, 4) is 0 Å². The first-order valence-corrected chi connectivity index (χ1v) is 9.44. The molecule has 1 amide bonds. The van der Waals surface area contributed by atoms with Gasteiger partial charge in [0.25, 0.3) is 5.91 Å². The number of carbonyl (C=O) groups excluding carboxylic acids is 1. The van der Waals surface area contributed by atoms with Gasteiger partial charge in [-0.05, 0) is 24.6 Å². The number of benzene rings is 1. The minimum Gasteiger partial charge on any atom is -0.456 e. The van der Waals surface area contributed by atoms with Crippen LogP contribution in [-0.4, -0.2) is 49.7 Å². The quantitative estimate of drug-likeness (QED) is 0.846. The molecule has 3 rings (SSSR count). The summed E-state index contributed by atoms with van der Waals surface area (Å²) in [5.74, 6) is 0.776. The molecule has 1 aromatic heterocycles. The number of amides is 1. The fraction of sp³-hybridized carbons (Fsp3) is 0.353. The third-order valence-electron chi connectivity index (χ3n) is 4.06. The van der Waals surface area contributed by atoms with E-state index < -0.39 is 10.0 Å². The topological polar surface area (TPSA) is 70.8 Å². The van der Waals surface area contributed by atoms with Crippen molar-refractivity contribution in [2.75, 3.05) is 26.2 Å². The lowest BCUT2D eigenvalue weighted by atomic mass is 10.2. The van der Waals surface area contributed by atoms with E-state index in [0.717, 1.165) is 5.56 Å². The van der Waals surface area contributed by atoms with Crippen LogP contribution in [0.3, 0.4) is 0 Å². The van der Waals surface area contributed by atoms with Gasteiger partial charge in [-0.1, -0.05) is 30.3 Å². The molecule has 6 nitrogen and oxygen atoms in total. The zero-order valence-electron chi connectivity index (χ0n) is 13.5. The van der Waals surface area contributed by atoms with Crippen LogP contribution in [0.4, 0.5) is 0 Å². The molecule has 2 heterocycles. The van der Waals surface area contributed by atoms with Gasteiger partial charge < -0.3 is 9.32 Å². The SMILES string of the molecule is Cc1ccc(C(=O)N2CCN(S(=O)(=O)Cc3ccccc3)CC2)o1. The maximum atomic E-state index is 12.5. The van der Waals surface area contributed by atoms with Crippen LogP contribution in [0.2, 0.25) is 0 Å².